The molecule has 2 aliphatic rings. The molecule has 0 radical (unpaired) electrons. The van der Waals surface area contributed by atoms with E-state index in [2.05, 4.69) is 5.32 Å². The van der Waals surface area contributed by atoms with Gasteiger partial charge < -0.3 is 19.9 Å². The van der Waals surface area contributed by atoms with Crippen LogP contribution >= 0.6 is 0 Å². The summed E-state index contributed by atoms with van der Waals surface area (Å²) < 4.78 is 5.20. The highest BCUT2D eigenvalue weighted by atomic mass is 16.5. The lowest BCUT2D eigenvalue weighted by molar-refractivity contribution is -0.131. The molecule has 2 aliphatic heterocycles. The van der Waals surface area contributed by atoms with Crippen molar-refractivity contribution >= 4 is 17.6 Å². The number of rotatable bonds is 5. The van der Waals surface area contributed by atoms with Gasteiger partial charge in [-0.1, -0.05) is 12.1 Å². The maximum atomic E-state index is 13.1. The van der Waals surface area contributed by atoms with Gasteiger partial charge in [0, 0.05) is 32.6 Å². The van der Waals surface area contributed by atoms with Crippen LogP contribution in [0.5, 0.6) is 5.75 Å². The molecule has 164 valence electrons. The normalized spacial score (nSPS) is 18.0. The Morgan fingerprint density at radius 3 is 2.65 bits per heavy atom. The smallest absolute Gasteiger partial charge is 0.227 e. The van der Waals surface area contributed by atoms with Crippen LogP contribution in [0.1, 0.15) is 48.5 Å². The number of hydrogen-bond donors (Lipinski definition) is 1. The lowest BCUT2D eigenvalue weighted by atomic mass is 10.0. The van der Waals surface area contributed by atoms with Crippen molar-refractivity contribution in [2.45, 2.75) is 45.2 Å². The molecule has 4 rings (SSSR count). The Balaban J connectivity index is 1.57. The maximum absolute atomic E-state index is 13.1. The molecule has 1 aromatic heterocycles. The number of anilines is 1. The average molecular weight is 424 g/mol. The Hall–Kier alpha value is -3.16. The summed E-state index contributed by atoms with van der Waals surface area (Å²) in [6.45, 7) is 3.45. The Kier molecular flexibility index (Phi) is 6.06. The first-order valence-corrected chi connectivity index (χ1v) is 10.8. The number of ether oxygens (including phenoxy) is 1. The van der Waals surface area contributed by atoms with Crippen LogP contribution in [-0.4, -0.2) is 58.8 Å². The van der Waals surface area contributed by atoms with Crippen molar-refractivity contribution in [1.82, 2.24) is 19.8 Å². The minimum absolute atomic E-state index is 0.0500. The number of amides is 2. The van der Waals surface area contributed by atoms with Gasteiger partial charge in [-0.2, -0.15) is 0 Å². The van der Waals surface area contributed by atoms with E-state index in [1.165, 1.54) is 0 Å². The standard InChI is InChI=1S/C23H29N5O3/c1-15(29)27-12-10-18-19(14-27)25-23(26-22(18)24-2)20-5-4-11-28(20)21(30)13-16-6-8-17(31-3)9-7-16/h6-9,20H,4-5,10-14H2,1-3H3,(H,24,25,26)/t20-/m0/s1. The highest BCUT2D eigenvalue weighted by Gasteiger charge is 2.34. The summed E-state index contributed by atoms with van der Waals surface area (Å²) in [5.41, 5.74) is 2.90. The first-order chi connectivity index (χ1) is 15.0. The molecular formula is C23H29N5O3. The molecule has 3 heterocycles. The summed E-state index contributed by atoms with van der Waals surface area (Å²) in [4.78, 5) is 38.3. The number of carbonyl (C=O) groups excluding carboxylic acids is 2. The Bertz CT molecular complexity index is 976. The maximum Gasteiger partial charge on any atom is 0.227 e. The van der Waals surface area contributed by atoms with E-state index in [-0.39, 0.29) is 17.9 Å². The van der Waals surface area contributed by atoms with Crippen LogP contribution < -0.4 is 10.1 Å². The summed E-state index contributed by atoms with van der Waals surface area (Å²) in [6, 6.07) is 7.45. The Morgan fingerprint density at radius 1 is 1.19 bits per heavy atom. The zero-order valence-electron chi connectivity index (χ0n) is 18.4. The number of fused-ring (bicyclic) bond motifs is 1. The van der Waals surface area contributed by atoms with Crippen molar-refractivity contribution in [3.05, 3.63) is 46.9 Å². The second-order valence-corrected chi connectivity index (χ2v) is 8.07. The van der Waals surface area contributed by atoms with Crippen LogP contribution in [0.3, 0.4) is 0 Å². The highest BCUT2D eigenvalue weighted by molar-refractivity contribution is 5.79. The molecule has 0 aliphatic carbocycles. The minimum atomic E-state index is -0.143. The van der Waals surface area contributed by atoms with E-state index in [1.807, 2.05) is 36.2 Å². The monoisotopic (exact) mass is 423 g/mol. The van der Waals surface area contributed by atoms with Gasteiger partial charge in [0.05, 0.1) is 31.8 Å². The lowest BCUT2D eigenvalue weighted by Gasteiger charge is -2.30. The molecule has 1 saturated heterocycles. The molecule has 1 N–H and O–H groups in total. The van der Waals surface area contributed by atoms with E-state index >= 15 is 0 Å². The summed E-state index contributed by atoms with van der Waals surface area (Å²) in [6.07, 6.45) is 2.83. The number of carbonyl (C=O) groups is 2. The van der Waals surface area contributed by atoms with E-state index in [1.54, 1.807) is 18.9 Å². The number of benzene rings is 1. The van der Waals surface area contributed by atoms with Gasteiger partial charge in [-0.3, -0.25) is 9.59 Å². The fraction of sp³-hybridized carbons (Fsp3) is 0.478. The number of hydrogen-bond acceptors (Lipinski definition) is 6. The molecule has 0 saturated carbocycles. The number of methoxy groups -OCH3 is 1. The van der Waals surface area contributed by atoms with Crippen LogP contribution in [0.2, 0.25) is 0 Å². The molecule has 2 amide bonds. The molecular weight excluding hydrogens is 394 g/mol. The van der Waals surface area contributed by atoms with Crippen LogP contribution in [0.4, 0.5) is 5.82 Å². The summed E-state index contributed by atoms with van der Waals surface area (Å²) in [7, 11) is 3.48. The van der Waals surface area contributed by atoms with Gasteiger partial charge >= 0.3 is 0 Å². The van der Waals surface area contributed by atoms with Crippen LogP contribution in [0.25, 0.3) is 0 Å². The fourth-order valence-electron chi connectivity index (χ4n) is 4.43. The van der Waals surface area contributed by atoms with Crippen molar-refractivity contribution in [1.29, 1.82) is 0 Å². The highest BCUT2D eigenvalue weighted by Crippen LogP contribution is 2.33. The van der Waals surface area contributed by atoms with Crippen molar-refractivity contribution in [2.24, 2.45) is 0 Å². The minimum Gasteiger partial charge on any atom is -0.497 e. The number of aromatic nitrogens is 2. The second kappa shape index (κ2) is 8.91. The molecule has 31 heavy (non-hydrogen) atoms. The Morgan fingerprint density at radius 2 is 1.97 bits per heavy atom. The van der Waals surface area contributed by atoms with Gasteiger partial charge in [-0.25, -0.2) is 9.97 Å². The summed E-state index contributed by atoms with van der Waals surface area (Å²) in [5.74, 6) is 2.36. The SMILES string of the molecule is CNc1nc([C@@H]2CCCN2C(=O)Cc2ccc(OC)cc2)nc2c1CCN(C(C)=O)C2. The first kappa shape index (κ1) is 21.1. The molecule has 2 aromatic rings. The molecule has 8 nitrogen and oxygen atoms in total. The topological polar surface area (TPSA) is 87.7 Å². The number of nitrogens with zero attached hydrogens (tertiary/aromatic N) is 4. The van der Waals surface area contributed by atoms with E-state index < -0.39 is 0 Å². The Labute approximate surface area is 182 Å². The van der Waals surface area contributed by atoms with E-state index in [9.17, 15) is 9.59 Å². The van der Waals surface area contributed by atoms with Crippen LogP contribution in [-0.2, 0) is 29.0 Å². The zero-order valence-corrected chi connectivity index (χ0v) is 18.4. The first-order valence-electron chi connectivity index (χ1n) is 10.8. The molecule has 8 heteroatoms. The quantitative estimate of drug-likeness (QED) is 0.794. The summed E-state index contributed by atoms with van der Waals surface area (Å²) >= 11 is 0. The third kappa shape index (κ3) is 4.33. The predicted molar refractivity (Wildman–Crippen MR) is 117 cm³/mol. The molecule has 1 fully saturated rings. The molecule has 0 bridgehead atoms. The van der Waals surface area contributed by atoms with Gasteiger partial charge in [0.15, 0.2) is 5.82 Å². The van der Waals surface area contributed by atoms with Gasteiger partial charge in [0.25, 0.3) is 0 Å². The third-order valence-electron chi connectivity index (χ3n) is 6.15. The zero-order chi connectivity index (χ0) is 22.0. The van der Waals surface area contributed by atoms with Crippen LogP contribution in [0, 0.1) is 0 Å². The third-order valence-corrected chi connectivity index (χ3v) is 6.15. The van der Waals surface area contributed by atoms with Gasteiger partial charge in [-0.15, -0.1) is 0 Å². The predicted octanol–water partition coefficient (Wildman–Crippen LogP) is 2.34. The van der Waals surface area contributed by atoms with Gasteiger partial charge in [-0.05, 0) is 37.0 Å². The largest absolute Gasteiger partial charge is 0.497 e. The molecule has 1 atom stereocenters. The van der Waals surface area contributed by atoms with Gasteiger partial charge in [0.2, 0.25) is 11.8 Å². The van der Waals surface area contributed by atoms with Crippen molar-refractivity contribution in [3.8, 4) is 5.75 Å². The van der Waals surface area contributed by atoms with Crippen LogP contribution in [0.15, 0.2) is 24.3 Å². The molecule has 1 aromatic carbocycles. The molecule has 0 spiro atoms. The second-order valence-electron chi connectivity index (χ2n) is 8.07. The van der Waals surface area contributed by atoms with Gasteiger partial charge in [0.1, 0.15) is 11.6 Å². The molecule has 0 unspecified atom stereocenters. The fourth-order valence-corrected chi connectivity index (χ4v) is 4.43. The lowest BCUT2D eigenvalue weighted by Crippen LogP contribution is -2.37. The van der Waals surface area contributed by atoms with Crippen molar-refractivity contribution in [3.63, 3.8) is 0 Å². The number of likely N-dealkylation sites (tertiary alicyclic amines) is 1. The van der Waals surface area contributed by atoms with E-state index in [0.29, 0.717) is 31.9 Å². The average Bonchev–Trinajstić information content (AvgIpc) is 3.28. The van der Waals surface area contributed by atoms with Crippen molar-refractivity contribution < 1.29 is 14.3 Å². The van der Waals surface area contributed by atoms with E-state index in [0.717, 1.165) is 47.7 Å². The summed E-state index contributed by atoms with van der Waals surface area (Å²) in [5, 5.41) is 3.19. The van der Waals surface area contributed by atoms with Crippen molar-refractivity contribution in [2.75, 3.05) is 32.6 Å². The number of nitrogens with one attached hydrogen (secondary N) is 1. The van der Waals surface area contributed by atoms with E-state index in [4.69, 9.17) is 14.7 Å².